The van der Waals surface area contributed by atoms with Gasteiger partial charge in [-0.25, -0.2) is 9.97 Å². The summed E-state index contributed by atoms with van der Waals surface area (Å²) in [5, 5.41) is 0. The fourth-order valence-electron chi connectivity index (χ4n) is 1.39. The van der Waals surface area contributed by atoms with Gasteiger partial charge in [0.2, 0.25) is 5.88 Å². The molecular formula is C13H13N3O2S. The summed E-state index contributed by atoms with van der Waals surface area (Å²) in [6.07, 6.45) is 2.96. The lowest BCUT2D eigenvalue weighted by atomic mass is 10.3. The maximum Gasteiger partial charge on any atom is 0.237 e. The molecule has 0 bridgehead atoms. The monoisotopic (exact) mass is 275 g/mol. The third-order valence-electron chi connectivity index (χ3n) is 2.24. The van der Waals surface area contributed by atoms with Crippen molar-refractivity contribution in [3.8, 4) is 17.4 Å². The molecule has 0 fully saturated rings. The van der Waals surface area contributed by atoms with Crippen molar-refractivity contribution in [3.05, 3.63) is 42.4 Å². The zero-order chi connectivity index (χ0) is 13.7. The van der Waals surface area contributed by atoms with Gasteiger partial charge >= 0.3 is 0 Å². The molecule has 2 rings (SSSR count). The molecule has 2 aromatic rings. The second-order valence-corrected chi connectivity index (χ2v) is 4.05. The van der Waals surface area contributed by atoms with E-state index in [-0.39, 0.29) is 4.99 Å². The summed E-state index contributed by atoms with van der Waals surface area (Å²) in [5.74, 6) is 1.83. The number of thiocarbonyl (C=S) groups is 1. The maximum atomic E-state index is 5.53. The minimum atomic E-state index is 0.208. The normalized spacial score (nSPS) is 9.95. The topological polar surface area (TPSA) is 70.3 Å². The van der Waals surface area contributed by atoms with Crippen LogP contribution in [0, 0.1) is 0 Å². The molecule has 0 radical (unpaired) electrons. The minimum Gasteiger partial charge on any atom is -0.494 e. The predicted octanol–water partition coefficient (Wildman–Crippen LogP) is 2.30. The van der Waals surface area contributed by atoms with Crippen LogP contribution in [0.15, 0.2) is 36.7 Å². The van der Waals surface area contributed by atoms with Gasteiger partial charge in [-0.05, 0) is 31.2 Å². The molecule has 0 aliphatic carbocycles. The molecule has 2 N–H and O–H groups in total. The first-order valence-corrected chi connectivity index (χ1v) is 6.12. The highest BCUT2D eigenvalue weighted by Crippen LogP contribution is 2.21. The Kier molecular flexibility index (Phi) is 4.25. The number of aromatic nitrogens is 2. The fourth-order valence-corrected chi connectivity index (χ4v) is 1.49. The number of hydrogen-bond acceptors (Lipinski definition) is 5. The summed E-state index contributed by atoms with van der Waals surface area (Å²) in [6.45, 7) is 2.57. The smallest absolute Gasteiger partial charge is 0.237 e. The van der Waals surface area contributed by atoms with E-state index in [4.69, 9.17) is 27.4 Å². The largest absolute Gasteiger partial charge is 0.494 e. The summed E-state index contributed by atoms with van der Waals surface area (Å²) >= 11 is 4.79. The van der Waals surface area contributed by atoms with Crippen LogP contribution in [-0.4, -0.2) is 21.6 Å². The number of benzene rings is 1. The number of hydrogen-bond donors (Lipinski definition) is 1. The molecule has 0 unspecified atom stereocenters. The van der Waals surface area contributed by atoms with Crippen molar-refractivity contribution in [1.29, 1.82) is 0 Å². The molecule has 0 saturated heterocycles. The van der Waals surface area contributed by atoms with Crippen molar-refractivity contribution < 1.29 is 9.47 Å². The summed E-state index contributed by atoms with van der Waals surface area (Å²) in [4.78, 5) is 8.32. The van der Waals surface area contributed by atoms with E-state index < -0.39 is 0 Å². The van der Waals surface area contributed by atoms with Crippen molar-refractivity contribution in [2.45, 2.75) is 6.92 Å². The highest BCUT2D eigenvalue weighted by Gasteiger charge is 2.02. The first-order chi connectivity index (χ1) is 9.19. The van der Waals surface area contributed by atoms with E-state index in [0.29, 0.717) is 23.9 Å². The standard InChI is InChI=1S/C13H13N3O2S/c1-2-17-9-3-5-10(6-4-9)18-12-8-15-11(7-16-12)13(14)19/h3-8H,2H2,1H3,(H2,14,19). The molecule has 1 heterocycles. The Labute approximate surface area is 116 Å². The second-order valence-electron chi connectivity index (χ2n) is 3.61. The Morgan fingerprint density at radius 3 is 2.37 bits per heavy atom. The van der Waals surface area contributed by atoms with Crippen LogP contribution >= 0.6 is 12.2 Å². The van der Waals surface area contributed by atoms with Gasteiger partial charge < -0.3 is 15.2 Å². The van der Waals surface area contributed by atoms with E-state index >= 15 is 0 Å². The Morgan fingerprint density at radius 1 is 1.16 bits per heavy atom. The fraction of sp³-hybridized carbons (Fsp3) is 0.154. The third-order valence-corrected chi connectivity index (χ3v) is 2.45. The number of rotatable bonds is 5. The van der Waals surface area contributed by atoms with Crippen LogP contribution < -0.4 is 15.2 Å². The van der Waals surface area contributed by atoms with Crippen LogP contribution in [0.2, 0.25) is 0 Å². The molecule has 1 aromatic carbocycles. The van der Waals surface area contributed by atoms with Crippen LogP contribution in [0.1, 0.15) is 12.6 Å². The summed E-state index contributed by atoms with van der Waals surface area (Å²) in [7, 11) is 0. The molecule has 0 aliphatic heterocycles. The maximum absolute atomic E-state index is 5.53. The minimum absolute atomic E-state index is 0.208. The lowest BCUT2D eigenvalue weighted by molar-refractivity contribution is 0.339. The highest BCUT2D eigenvalue weighted by atomic mass is 32.1. The van der Waals surface area contributed by atoms with E-state index in [0.717, 1.165) is 5.75 Å². The molecule has 1 aromatic heterocycles. The van der Waals surface area contributed by atoms with Gasteiger partial charge in [0.15, 0.2) is 0 Å². The lowest BCUT2D eigenvalue weighted by Gasteiger charge is -2.06. The number of nitrogens with two attached hydrogens (primary N) is 1. The Morgan fingerprint density at radius 2 is 1.84 bits per heavy atom. The molecular weight excluding hydrogens is 262 g/mol. The van der Waals surface area contributed by atoms with Crippen molar-refractivity contribution in [2.75, 3.05) is 6.61 Å². The molecule has 5 nitrogen and oxygen atoms in total. The molecule has 0 atom stereocenters. The molecule has 19 heavy (non-hydrogen) atoms. The van der Waals surface area contributed by atoms with Gasteiger partial charge in [-0.15, -0.1) is 0 Å². The zero-order valence-electron chi connectivity index (χ0n) is 10.4. The lowest BCUT2D eigenvalue weighted by Crippen LogP contribution is -2.11. The van der Waals surface area contributed by atoms with Gasteiger partial charge in [0.1, 0.15) is 22.2 Å². The van der Waals surface area contributed by atoms with Crippen LogP contribution in [0.5, 0.6) is 17.4 Å². The van der Waals surface area contributed by atoms with Gasteiger partial charge in [0, 0.05) is 0 Å². The quantitative estimate of drug-likeness (QED) is 0.844. The van der Waals surface area contributed by atoms with E-state index in [1.807, 2.05) is 19.1 Å². The average molecular weight is 275 g/mol. The summed E-state index contributed by atoms with van der Waals surface area (Å²) in [6, 6.07) is 7.26. The Bertz CT molecular complexity index is 555. The predicted molar refractivity (Wildman–Crippen MR) is 75.6 cm³/mol. The van der Waals surface area contributed by atoms with Crippen molar-refractivity contribution >= 4 is 17.2 Å². The number of ether oxygens (including phenoxy) is 2. The van der Waals surface area contributed by atoms with Gasteiger partial charge in [-0.1, -0.05) is 12.2 Å². The van der Waals surface area contributed by atoms with Crippen molar-refractivity contribution in [1.82, 2.24) is 9.97 Å². The number of nitrogens with zero attached hydrogens (tertiary/aromatic N) is 2. The van der Waals surface area contributed by atoms with E-state index in [1.54, 1.807) is 12.1 Å². The molecule has 98 valence electrons. The van der Waals surface area contributed by atoms with Crippen LogP contribution in [0.25, 0.3) is 0 Å². The van der Waals surface area contributed by atoms with Crippen LogP contribution in [-0.2, 0) is 0 Å². The Hall–Kier alpha value is -2.21. The van der Waals surface area contributed by atoms with Crippen molar-refractivity contribution in [3.63, 3.8) is 0 Å². The van der Waals surface area contributed by atoms with Crippen LogP contribution in [0.4, 0.5) is 0 Å². The molecule has 0 aliphatic rings. The third kappa shape index (κ3) is 3.62. The molecule has 0 amide bonds. The Balaban J connectivity index is 2.06. The zero-order valence-corrected chi connectivity index (χ0v) is 11.2. The van der Waals surface area contributed by atoms with Crippen molar-refractivity contribution in [2.24, 2.45) is 5.73 Å². The van der Waals surface area contributed by atoms with Gasteiger partial charge in [0.25, 0.3) is 0 Å². The van der Waals surface area contributed by atoms with E-state index in [2.05, 4.69) is 9.97 Å². The highest BCUT2D eigenvalue weighted by molar-refractivity contribution is 7.80. The summed E-state index contributed by atoms with van der Waals surface area (Å²) < 4.78 is 10.9. The first-order valence-electron chi connectivity index (χ1n) is 5.71. The average Bonchev–Trinajstić information content (AvgIpc) is 2.42. The van der Waals surface area contributed by atoms with Gasteiger partial charge in [0.05, 0.1) is 19.0 Å². The first kappa shape index (κ1) is 13.2. The van der Waals surface area contributed by atoms with Gasteiger partial charge in [-0.2, -0.15) is 0 Å². The van der Waals surface area contributed by atoms with Crippen LogP contribution in [0.3, 0.4) is 0 Å². The van der Waals surface area contributed by atoms with Gasteiger partial charge in [-0.3, -0.25) is 0 Å². The SMILES string of the molecule is CCOc1ccc(Oc2cnc(C(N)=S)cn2)cc1. The second kappa shape index (κ2) is 6.10. The van der Waals surface area contributed by atoms with E-state index in [9.17, 15) is 0 Å². The molecule has 0 spiro atoms. The molecule has 6 heteroatoms. The summed E-state index contributed by atoms with van der Waals surface area (Å²) in [5.41, 5.74) is 5.90. The molecule has 0 saturated carbocycles. The van der Waals surface area contributed by atoms with E-state index in [1.165, 1.54) is 12.4 Å².